The highest BCUT2D eigenvalue weighted by atomic mass is 32.2. The lowest BCUT2D eigenvalue weighted by molar-refractivity contribution is 0.0904. The molecule has 11 heteroatoms. The maximum absolute atomic E-state index is 12.5. The van der Waals surface area contributed by atoms with Crippen LogP contribution < -0.4 is 5.32 Å². The van der Waals surface area contributed by atoms with E-state index in [2.05, 4.69) is 30.0 Å². The maximum Gasteiger partial charge on any atom is 0.216 e. The van der Waals surface area contributed by atoms with Crippen LogP contribution in [0, 0.1) is 0 Å². The van der Waals surface area contributed by atoms with Crippen LogP contribution in [-0.4, -0.2) is 90.0 Å². The van der Waals surface area contributed by atoms with Crippen molar-refractivity contribution in [2.45, 2.75) is 52.3 Å². The van der Waals surface area contributed by atoms with E-state index in [1.807, 2.05) is 13.8 Å². The summed E-state index contributed by atoms with van der Waals surface area (Å²) in [5, 5.41) is 11.9. The number of hydrogen-bond donors (Lipinski definition) is 1. The fraction of sp³-hybridized carbons (Fsp3) is 0.833. The molecule has 1 aromatic rings. The van der Waals surface area contributed by atoms with Gasteiger partial charge in [0.1, 0.15) is 5.82 Å². The average Bonchev–Trinajstić information content (AvgIpc) is 3.12. The fourth-order valence-electron chi connectivity index (χ4n) is 3.69. The molecule has 164 valence electrons. The topological polar surface area (TPSA) is 105 Å². The minimum atomic E-state index is -3.29. The Morgan fingerprint density at radius 1 is 1.17 bits per heavy atom. The Morgan fingerprint density at radius 3 is 2.62 bits per heavy atom. The fourth-order valence-corrected chi connectivity index (χ4v) is 4.97. The summed E-state index contributed by atoms with van der Waals surface area (Å²) in [6.07, 6.45) is 3.35. The summed E-state index contributed by atoms with van der Waals surface area (Å²) >= 11 is 0. The molecule has 0 saturated carbocycles. The molecule has 0 radical (unpaired) electrons. The Balaban J connectivity index is 1.49. The smallest absolute Gasteiger partial charge is 0.216 e. The molecule has 0 atom stereocenters. The van der Waals surface area contributed by atoms with Gasteiger partial charge in [0.15, 0.2) is 11.8 Å². The van der Waals surface area contributed by atoms with Gasteiger partial charge >= 0.3 is 0 Å². The highest BCUT2D eigenvalue weighted by Crippen LogP contribution is 2.14. The van der Waals surface area contributed by atoms with Gasteiger partial charge in [0, 0.05) is 46.2 Å². The average molecular weight is 428 g/mol. The Kier molecular flexibility index (Phi) is 7.47. The zero-order valence-electron chi connectivity index (χ0n) is 17.7. The monoisotopic (exact) mass is 427 g/mol. The third kappa shape index (κ3) is 5.67. The number of fused-ring (bicyclic) bond motifs is 1. The molecule has 2 aliphatic heterocycles. The second-order valence-corrected chi connectivity index (χ2v) is 9.75. The zero-order valence-corrected chi connectivity index (χ0v) is 18.5. The van der Waals surface area contributed by atoms with Crippen LogP contribution in [0.3, 0.4) is 0 Å². The van der Waals surface area contributed by atoms with Crippen molar-refractivity contribution in [1.29, 1.82) is 0 Å². The standard InChI is InChI=1S/C18H33N7O3S/c1-15(2)28-12-13-29(26,27)24-10-8-23(9-11-24)18(19-3)20-14-17-22-21-16-6-4-5-7-25(16)17/h15H,4-14H2,1-3H3,(H,19,20). The van der Waals surface area contributed by atoms with Crippen LogP contribution >= 0.6 is 0 Å². The van der Waals surface area contributed by atoms with Gasteiger partial charge in [0.2, 0.25) is 10.0 Å². The number of nitrogens with one attached hydrogen (secondary N) is 1. The summed E-state index contributed by atoms with van der Waals surface area (Å²) < 4.78 is 34.1. The quantitative estimate of drug-likeness (QED) is 0.485. The first-order valence-electron chi connectivity index (χ1n) is 10.4. The Labute approximate surface area is 173 Å². The molecular formula is C18H33N7O3S. The first-order chi connectivity index (χ1) is 13.9. The van der Waals surface area contributed by atoms with E-state index >= 15 is 0 Å². The van der Waals surface area contributed by atoms with Gasteiger partial charge in [-0.2, -0.15) is 4.31 Å². The van der Waals surface area contributed by atoms with Crippen molar-refractivity contribution in [3.05, 3.63) is 11.6 Å². The van der Waals surface area contributed by atoms with Crippen LogP contribution in [0.5, 0.6) is 0 Å². The molecule has 0 bridgehead atoms. The molecule has 0 unspecified atom stereocenters. The van der Waals surface area contributed by atoms with Crippen LogP contribution in [0.2, 0.25) is 0 Å². The van der Waals surface area contributed by atoms with Crippen LogP contribution in [0.25, 0.3) is 0 Å². The third-order valence-corrected chi connectivity index (χ3v) is 7.11. The van der Waals surface area contributed by atoms with E-state index in [1.165, 1.54) is 6.42 Å². The zero-order chi connectivity index (χ0) is 20.9. The SMILES string of the molecule is CN=C(NCc1nnc2n1CCCC2)N1CCN(S(=O)(=O)CCOC(C)C)CC1. The number of rotatable bonds is 7. The highest BCUT2D eigenvalue weighted by Gasteiger charge is 2.28. The molecule has 29 heavy (non-hydrogen) atoms. The van der Waals surface area contributed by atoms with Crippen molar-refractivity contribution in [3.8, 4) is 0 Å². The Morgan fingerprint density at radius 2 is 1.93 bits per heavy atom. The first-order valence-corrected chi connectivity index (χ1v) is 12.0. The van der Waals surface area contributed by atoms with E-state index in [-0.39, 0.29) is 18.5 Å². The summed E-state index contributed by atoms with van der Waals surface area (Å²) in [6.45, 7) is 7.66. The number of sulfonamides is 1. The molecule has 0 spiro atoms. The molecule has 0 aliphatic carbocycles. The number of aliphatic imine (C=N–C) groups is 1. The van der Waals surface area contributed by atoms with Crippen molar-refractivity contribution in [2.24, 2.45) is 4.99 Å². The summed E-state index contributed by atoms with van der Waals surface area (Å²) in [5.74, 6) is 2.77. The summed E-state index contributed by atoms with van der Waals surface area (Å²) in [7, 11) is -1.55. The summed E-state index contributed by atoms with van der Waals surface area (Å²) in [5.41, 5.74) is 0. The maximum atomic E-state index is 12.5. The number of aromatic nitrogens is 3. The van der Waals surface area contributed by atoms with Crippen LogP contribution in [0.4, 0.5) is 0 Å². The number of hydrogen-bond acceptors (Lipinski definition) is 6. The highest BCUT2D eigenvalue weighted by molar-refractivity contribution is 7.89. The lowest BCUT2D eigenvalue weighted by Crippen LogP contribution is -2.54. The molecule has 1 fully saturated rings. The van der Waals surface area contributed by atoms with Gasteiger partial charge in [0.25, 0.3) is 0 Å². The molecule has 3 heterocycles. The minimum Gasteiger partial charge on any atom is -0.378 e. The molecule has 1 N–H and O–H groups in total. The van der Waals surface area contributed by atoms with E-state index < -0.39 is 10.0 Å². The van der Waals surface area contributed by atoms with Gasteiger partial charge in [-0.05, 0) is 26.7 Å². The predicted octanol–water partition coefficient (Wildman–Crippen LogP) is 0.0622. The van der Waals surface area contributed by atoms with Gasteiger partial charge in [-0.15, -0.1) is 10.2 Å². The minimum absolute atomic E-state index is 0.0240. The molecule has 10 nitrogen and oxygen atoms in total. The van der Waals surface area contributed by atoms with Crippen molar-refractivity contribution < 1.29 is 13.2 Å². The molecule has 2 aliphatic rings. The Hall–Kier alpha value is -1.72. The number of ether oxygens (including phenoxy) is 1. The van der Waals surface area contributed by atoms with Crippen molar-refractivity contribution in [3.63, 3.8) is 0 Å². The molecule has 0 amide bonds. The van der Waals surface area contributed by atoms with E-state index in [1.54, 1.807) is 11.4 Å². The van der Waals surface area contributed by atoms with E-state index in [0.717, 1.165) is 37.0 Å². The lowest BCUT2D eigenvalue weighted by atomic mass is 10.2. The van der Waals surface area contributed by atoms with E-state index in [0.29, 0.717) is 32.7 Å². The van der Waals surface area contributed by atoms with Crippen molar-refractivity contribution in [2.75, 3.05) is 45.6 Å². The van der Waals surface area contributed by atoms with Crippen molar-refractivity contribution >= 4 is 16.0 Å². The van der Waals surface area contributed by atoms with Crippen LogP contribution in [0.15, 0.2) is 4.99 Å². The molecule has 0 aromatic carbocycles. The van der Waals surface area contributed by atoms with E-state index in [4.69, 9.17) is 4.74 Å². The third-order valence-electron chi connectivity index (χ3n) is 5.28. The number of guanidine groups is 1. The van der Waals surface area contributed by atoms with Gasteiger partial charge in [-0.25, -0.2) is 8.42 Å². The van der Waals surface area contributed by atoms with Crippen LogP contribution in [0.1, 0.15) is 38.3 Å². The second kappa shape index (κ2) is 9.86. The number of nitrogens with zero attached hydrogens (tertiary/aromatic N) is 6. The van der Waals surface area contributed by atoms with Gasteiger partial charge in [-0.1, -0.05) is 0 Å². The second-order valence-electron chi connectivity index (χ2n) is 7.66. The Bertz CT molecular complexity index is 798. The normalized spacial score (nSPS) is 18.9. The predicted molar refractivity (Wildman–Crippen MR) is 111 cm³/mol. The number of aryl methyl sites for hydroxylation is 1. The molecule has 1 saturated heterocycles. The van der Waals surface area contributed by atoms with Crippen molar-refractivity contribution in [1.82, 2.24) is 29.3 Å². The largest absolute Gasteiger partial charge is 0.378 e. The summed E-state index contributed by atoms with van der Waals surface area (Å²) in [6, 6.07) is 0. The lowest BCUT2D eigenvalue weighted by Gasteiger charge is -2.35. The van der Waals surface area contributed by atoms with Gasteiger partial charge in [-0.3, -0.25) is 4.99 Å². The summed E-state index contributed by atoms with van der Waals surface area (Å²) in [4.78, 5) is 6.45. The molecule has 1 aromatic heterocycles. The van der Waals surface area contributed by atoms with Gasteiger partial charge in [0.05, 0.1) is 25.0 Å². The van der Waals surface area contributed by atoms with Gasteiger partial charge < -0.3 is 19.5 Å². The van der Waals surface area contributed by atoms with Crippen LogP contribution in [-0.2, 0) is 34.3 Å². The molecule has 3 rings (SSSR count). The number of piperazine rings is 1. The molecular weight excluding hydrogens is 394 g/mol. The first kappa shape index (κ1) is 22.0. The van der Waals surface area contributed by atoms with E-state index in [9.17, 15) is 8.42 Å².